The zero-order valence-corrected chi connectivity index (χ0v) is 50.4. The first-order valence-corrected chi connectivity index (χ1v) is 33.9. The molecule has 6 heteroatoms. The third-order valence-corrected chi connectivity index (χ3v) is 16.1. The Bertz CT molecular complexity index is 1110. The summed E-state index contributed by atoms with van der Waals surface area (Å²) in [4.78, 5) is 24.5. The highest BCUT2D eigenvalue weighted by Crippen LogP contribution is 2.19. The number of ether oxygens (including phenoxy) is 1. The molecule has 0 spiro atoms. The van der Waals surface area contributed by atoms with Crippen LogP contribution in [0.5, 0.6) is 0 Å². The van der Waals surface area contributed by atoms with Crippen LogP contribution in [0.15, 0.2) is 12.2 Å². The van der Waals surface area contributed by atoms with Gasteiger partial charge < -0.3 is 20.3 Å². The molecule has 0 aromatic heterocycles. The Hall–Kier alpha value is -1.40. The van der Waals surface area contributed by atoms with Gasteiger partial charge in [-0.1, -0.05) is 334 Å². The summed E-state index contributed by atoms with van der Waals surface area (Å²) in [6, 6.07) is -0.537. The molecule has 0 fully saturated rings. The van der Waals surface area contributed by atoms with E-state index in [0.29, 0.717) is 25.9 Å². The number of rotatable bonds is 64. The van der Waals surface area contributed by atoms with E-state index in [-0.39, 0.29) is 18.5 Å². The van der Waals surface area contributed by atoms with Gasteiger partial charge in [0.15, 0.2) is 0 Å². The molecule has 74 heavy (non-hydrogen) atoms. The molecule has 0 aromatic carbocycles. The second kappa shape index (κ2) is 64.1. The first-order valence-electron chi connectivity index (χ1n) is 33.9. The minimum atomic E-state index is -0.660. The molecule has 0 aliphatic heterocycles. The fraction of sp³-hybridized carbons (Fsp3) is 0.941. The van der Waals surface area contributed by atoms with Crippen LogP contribution in [0.4, 0.5) is 0 Å². The number of nitrogens with one attached hydrogen (secondary N) is 1. The van der Waals surface area contributed by atoms with Gasteiger partial charge in [-0.2, -0.15) is 0 Å². The predicted octanol–water partition coefficient (Wildman–Crippen LogP) is 21.6. The van der Waals surface area contributed by atoms with E-state index in [1.165, 1.54) is 315 Å². The van der Waals surface area contributed by atoms with Gasteiger partial charge in [-0.05, 0) is 51.4 Å². The van der Waals surface area contributed by atoms with Gasteiger partial charge >= 0.3 is 5.97 Å². The number of unbranched alkanes of at least 4 members (excludes halogenated alkanes) is 51. The highest BCUT2D eigenvalue weighted by atomic mass is 16.5. The normalized spacial score (nSPS) is 12.5. The maximum atomic E-state index is 12.5. The van der Waals surface area contributed by atoms with Crippen molar-refractivity contribution >= 4 is 11.9 Å². The number of hydrogen-bond acceptors (Lipinski definition) is 5. The van der Waals surface area contributed by atoms with Crippen molar-refractivity contribution in [2.24, 2.45) is 0 Å². The SMILES string of the molecule is CCCCCCCCCCCCCCCCC(=O)OCCCCCCCCCCCCCC/C=C\CCCCCCCCCCCCCCCCCCC(=O)NC(CO)C(O)CCCCCCCCCCCCC. The van der Waals surface area contributed by atoms with Crippen molar-refractivity contribution in [3.63, 3.8) is 0 Å². The molecule has 0 aliphatic carbocycles. The third kappa shape index (κ3) is 59.8. The largest absolute Gasteiger partial charge is 0.466 e. The monoisotopic (exact) mass is 1040 g/mol. The van der Waals surface area contributed by atoms with Gasteiger partial charge in [-0.3, -0.25) is 9.59 Å². The predicted molar refractivity (Wildman–Crippen MR) is 324 cm³/mol. The highest BCUT2D eigenvalue weighted by molar-refractivity contribution is 5.76. The van der Waals surface area contributed by atoms with Crippen LogP contribution in [0.2, 0.25) is 0 Å². The summed E-state index contributed by atoms with van der Waals surface area (Å²) in [5, 5.41) is 23.2. The minimum absolute atomic E-state index is 0.0211. The molecule has 0 heterocycles. The van der Waals surface area contributed by atoms with Crippen molar-refractivity contribution in [3.8, 4) is 0 Å². The van der Waals surface area contributed by atoms with E-state index in [1.54, 1.807) is 0 Å². The number of allylic oxidation sites excluding steroid dienone is 2. The van der Waals surface area contributed by atoms with Crippen molar-refractivity contribution in [2.75, 3.05) is 13.2 Å². The van der Waals surface area contributed by atoms with Crippen molar-refractivity contribution < 1.29 is 24.5 Å². The number of amides is 1. The number of carbonyl (C=O) groups excluding carboxylic acids is 2. The van der Waals surface area contributed by atoms with Crippen LogP contribution in [-0.2, 0) is 14.3 Å². The lowest BCUT2D eigenvalue weighted by Crippen LogP contribution is -2.45. The molecule has 1 amide bonds. The van der Waals surface area contributed by atoms with E-state index in [9.17, 15) is 19.8 Å². The first-order chi connectivity index (χ1) is 36.5. The van der Waals surface area contributed by atoms with Crippen LogP contribution in [-0.4, -0.2) is 47.4 Å². The lowest BCUT2D eigenvalue weighted by Gasteiger charge is -2.22. The second-order valence-corrected chi connectivity index (χ2v) is 23.5. The van der Waals surface area contributed by atoms with Crippen molar-refractivity contribution in [1.82, 2.24) is 5.32 Å². The van der Waals surface area contributed by atoms with E-state index in [2.05, 4.69) is 31.3 Å². The first kappa shape index (κ1) is 72.6. The lowest BCUT2D eigenvalue weighted by molar-refractivity contribution is -0.143. The summed E-state index contributed by atoms with van der Waals surface area (Å²) in [5.74, 6) is -0.0101. The summed E-state index contributed by atoms with van der Waals surface area (Å²) in [6.07, 6.45) is 78.4. The van der Waals surface area contributed by atoms with E-state index >= 15 is 0 Å². The highest BCUT2D eigenvalue weighted by Gasteiger charge is 2.20. The molecule has 440 valence electrons. The van der Waals surface area contributed by atoms with Gasteiger partial charge in [0.1, 0.15) is 0 Å². The Labute approximate surface area is 463 Å². The van der Waals surface area contributed by atoms with Gasteiger partial charge in [-0.25, -0.2) is 0 Å². The number of aliphatic hydroxyl groups excluding tert-OH is 2. The number of carbonyl (C=O) groups is 2. The molecule has 0 aliphatic rings. The molecule has 0 saturated carbocycles. The van der Waals surface area contributed by atoms with Crippen molar-refractivity contribution in [3.05, 3.63) is 12.2 Å². The quantitative estimate of drug-likeness (QED) is 0.0320. The topological polar surface area (TPSA) is 95.9 Å². The van der Waals surface area contributed by atoms with E-state index in [0.717, 1.165) is 38.5 Å². The Morgan fingerprint density at radius 2 is 0.635 bits per heavy atom. The third-order valence-electron chi connectivity index (χ3n) is 16.1. The van der Waals surface area contributed by atoms with Crippen LogP contribution >= 0.6 is 0 Å². The standard InChI is InChI=1S/C68H133NO5/c1-3-5-7-9-11-13-15-16-38-42-46-50-54-58-62-68(73)74-63-59-55-51-47-43-39-36-34-32-30-28-26-24-22-20-18-17-19-21-23-25-27-29-31-33-35-37-41-45-49-53-57-61-67(72)69-65(64-70)66(71)60-56-52-48-44-40-14-12-10-8-6-4-2/h20,22,65-66,70-71H,3-19,21,23-64H2,1-2H3,(H,69,72)/b22-20-. The van der Waals surface area contributed by atoms with E-state index in [4.69, 9.17) is 4.74 Å². The summed E-state index contributed by atoms with van der Waals surface area (Å²) >= 11 is 0. The molecule has 2 unspecified atom stereocenters. The zero-order valence-electron chi connectivity index (χ0n) is 50.4. The number of aliphatic hydroxyl groups is 2. The van der Waals surface area contributed by atoms with Crippen LogP contribution < -0.4 is 5.32 Å². The summed E-state index contributed by atoms with van der Waals surface area (Å²) in [7, 11) is 0. The molecule has 6 nitrogen and oxygen atoms in total. The molecule has 0 aromatic rings. The molecular weight excluding hydrogens is 911 g/mol. The number of esters is 1. The Balaban J connectivity index is 3.32. The average molecular weight is 1040 g/mol. The average Bonchev–Trinajstić information content (AvgIpc) is 3.40. The van der Waals surface area contributed by atoms with E-state index in [1.807, 2.05) is 0 Å². The molecule has 2 atom stereocenters. The van der Waals surface area contributed by atoms with Gasteiger partial charge in [0.2, 0.25) is 5.91 Å². The van der Waals surface area contributed by atoms with Crippen LogP contribution in [0.25, 0.3) is 0 Å². The molecule has 0 saturated heterocycles. The summed E-state index contributed by atoms with van der Waals surface area (Å²) in [6.45, 7) is 4.98. The molecular formula is C68H133NO5. The molecule has 0 radical (unpaired) electrons. The minimum Gasteiger partial charge on any atom is -0.466 e. The van der Waals surface area contributed by atoms with Crippen LogP contribution in [0.3, 0.4) is 0 Å². The van der Waals surface area contributed by atoms with Gasteiger partial charge in [-0.15, -0.1) is 0 Å². The van der Waals surface area contributed by atoms with Crippen molar-refractivity contribution in [2.45, 2.75) is 398 Å². The maximum Gasteiger partial charge on any atom is 0.305 e. The fourth-order valence-electron chi connectivity index (χ4n) is 10.9. The van der Waals surface area contributed by atoms with Crippen molar-refractivity contribution in [1.29, 1.82) is 0 Å². The Kier molecular flexibility index (Phi) is 62.9. The molecule has 3 N–H and O–H groups in total. The van der Waals surface area contributed by atoms with Crippen LogP contribution in [0, 0.1) is 0 Å². The smallest absolute Gasteiger partial charge is 0.305 e. The van der Waals surface area contributed by atoms with E-state index < -0.39 is 12.1 Å². The van der Waals surface area contributed by atoms with Gasteiger partial charge in [0.05, 0.1) is 25.4 Å². The zero-order chi connectivity index (χ0) is 53.6. The molecule has 0 rings (SSSR count). The summed E-state index contributed by atoms with van der Waals surface area (Å²) in [5.41, 5.74) is 0. The number of hydrogen-bond donors (Lipinski definition) is 3. The Morgan fingerprint density at radius 1 is 0.365 bits per heavy atom. The lowest BCUT2D eigenvalue weighted by atomic mass is 10.0. The Morgan fingerprint density at radius 3 is 0.959 bits per heavy atom. The van der Waals surface area contributed by atoms with Gasteiger partial charge in [0, 0.05) is 12.8 Å². The van der Waals surface area contributed by atoms with Crippen LogP contribution in [0.1, 0.15) is 386 Å². The second-order valence-electron chi connectivity index (χ2n) is 23.5. The fourth-order valence-corrected chi connectivity index (χ4v) is 10.9. The summed E-state index contributed by atoms with van der Waals surface area (Å²) < 4.78 is 5.49. The maximum absolute atomic E-state index is 12.5. The van der Waals surface area contributed by atoms with Gasteiger partial charge in [0.25, 0.3) is 0 Å². The molecule has 0 bridgehead atoms.